The molecule has 0 aliphatic rings. The molecule has 0 fully saturated rings. The second-order valence-electron chi connectivity index (χ2n) is 5.56. The highest BCUT2D eigenvalue weighted by molar-refractivity contribution is 7.16. The average molecular weight is 439 g/mol. The van der Waals surface area contributed by atoms with Crippen molar-refractivity contribution in [1.82, 2.24) is 9.55 Å². The van der Waals surface area contributed by atoms with Gasteiger partial charge in [0.25, 0.3) is 0 Å². The van der Waals surface area contributed by atoms with Gasteiger partial charge in [-0.2, -0.15) is 11.3 Å². The van der Waals surface area contributed by atoms with Gasteiger partial charge in [-0.15, -0.1) is 11.3 Å². The fraction of sp³-hybridized carbons (Fsp3) is 0.111. The van der Waals surface area contributed by atoms with Crippen molar-refractivity contribution in [2.24, 2.45) is 0 Å². The van der Waals surface area contributed by atoms with Crippen LogP contribution in [0.1, 0.15) is 15.2 Å². The number of rotatable bonds is 5. The number of hydrogen-bond donors (Lipinski definition) is 0. The molecule has 9 heteroatoms. The van der Waals surface area contributed by atoms with Gasteiger partial charge in [-0.3, -0.25) is 4.57 Å². The van der Waals surface area contributed by atoms with Gasteiger partial charge in [-0.25, -0.2) is 9.78 Å². The molecular weight excluding hydrogens is 427 g/mol. The number of methoxy groups -OCH3 is 1. The lowest BCUT2D eigenvalue weighted by Crippen LogP contribution is -2.02. The number of benzene rings is 1. The van der Waals surface area contributed by atoms with Crippen LogP contribution in [0.5, 0.6) is 5.75 Å². The predicted molar refractivity (Wildman–Crippen MR) is 109 cm³/mol. The number of carbonyl (C=O) groups excluding carboxylic acids is 1. The van der Waals surface area contributed by atoms with Crippen molar-refractivity contribution < 1.29 is 14.3 Å². The Morgan fingerprint density at radius 2 is 2.07 bits per heavy atom. The lowest BCUT2D eigenvalue weighted by atomic mass is 10.3. The number of fused-ring (bicyclic) bond motifs is 1. The summed E-state index contributed by atoms with van der Waals surface area (Å²) in [5.74, 6) is 0.0204. The van der Waals surface area contributed by atoms with Crippen LogP contribution in [-0.4, -0.2) is 22.6 Å². The molecule has 3 aromatic heterocycles. The second kappa shape index (κ2) is 7.52. The number of hydrogen-bond acceptors (Lipinski definition) is 6. The lowest BCUT2D eigenvalue weighted by Gasteiger charge is -2.04. The molecule has 0 aliphatic carbocycles. The minimum Gasteiger partial charge on any atom is -0.487 e. The van der Waals surface area contributed by atoms with E-state index in [1.54, 1.807) is 35.9 Å². The Bertz CT molecular complexity index is 1120. The average Bonchev–Trinajstić information content (AvgIpc) is 3.39. The van der Waals surface area contributed by atoms with Gasteiger partial charge >= 0.3 is 5.97 Å². The molecule has 3 heterocycles. The minimum atomic E-state index is -0.447. The van der Waals surface area contributed by atoms with E-state index in [9.17, 15) is 4.79 Å². The van der Waals surface area contributed by atoms with Gasteiger partial charge in [0.15, 0.2) is 4.88 Å². The molecule has 138 valence electrons. The highest BCUT2D eigenvalue weighted by Crippen LogP contribution is 2.36. The van der Waals surface area contributed by atoms with Crippen LogP contribution in [-0.2, 0) is 11.3 Å². The first kappa shape index (κ1) is 18.3. The number of carbonyl (C=O) groups is 1. The maximum atomic E-state index is 12.2. The highest BCUT2D eigenvalue weighted by Gasteiger charge is 2.20. The smallest absolute Gasteiger partial charge is 0.351 e. The number of esters is 1. The van der Waals surface area contributed by atoms with Gasteiger partial charge < -0.3 is 9.47 Å². The second-order valence-corrected chi connectivity index (χ2v) is 8.18. The van der Waals surface area contributed by atoms with Gasteiger partial charge in [0.1, 0.15) is 23.7 Å². The van der Waals surface area contributed by atoms with Crippen molar-refractivity contribution in [1.29, 1.82) is 0 Å². The van der Waals surface area contributed by atoms with Crippen molar-refractivity contribution >= 4 is 62.9 Å². The largest absolute Gasteiger partial charge is 0.487 e. The molecule has 1 aromatic carbocycles. The third kappa shape index (κ3) is 3.55. The third-order valence-corrected chi connectivity index (χ3v) is 6.41. The van der Waals surface area contributed by atoms with Crippen LogP contribution < -0.4 is 4.74 Å². The SMILES string of the molecule is COC(=O)c1sc(-n2cnc3cc(Cl)c(Cl)cc32)cc1OCc1ccsc1. The van der Waals surface area contributed by atoms with Crippen LogP contribution in [0.2, 0.25) is 10.0 Å². The Balaban J connectivity index is 1.75. The first-order valence-electron chi connectivity index (χ1n) is 7.75. The highest BCUT2D eigenvalue weighted by atomic mass is 35.5. The zero-order valence-corrected chi connectivity index (χ0v) is 17.1. The molecule has 0 aliphatic heterocycles. The van der Waals surface area contributed by atoms with Crippen molar-refractivity contribution in [3.8, 4) is 10.8 Å². The van der Waals surface area contributed by atoms with E-state index in [2.05, 4.69) is 4.98 Å². The first-order chi connectivity index (χ1) is 13.1. The first-order valence-corrected chi connectivity index (χ1v) is 10.3. The summed E-state index contributed by atoms with van der Waals surface area (Å²) in [5.41, 5.74) is 2.53. The van der Waals surface area contributed by atoms with Crippen molar-refractivity contribution in [3.05, 3.63) is 61.8 Å². The van der Waals surface area contributed by atoms with Crippen LogP contribution in [0.15, 0.2) is 41.4 Å². The molecular formula is C18H12Cl2N2O3S2. The molecule has 0 saturated heterocycles. The van der Waals surface area contributed by atoms with Crippen LogP contribution in [0.3, 0.4) is 0 Å². The third-order valence-electron chi connectivity index (χ3n) is 3.86. The minimum absolute atomic E-state index is 0.371. The molecule has 4 rings (SSSR count). The van der Waals surface area contributed by atoms with Crippen molar-refractivity contribution in [3.63, 3.8) is 0 Å². The summed E-state index contributed by atoms with van der Waals surface area (Å²) in [7, 11) is 1.35. The molecule has 0 saturated carbocycles. The van der Waals surface area contributed by atoms with E-state index >= 15 is 0 Å². The summed E-state index contributed by atoms with van der Waals surface area (Å²) in [6.45, 7) is 0.371. The summed E-state index contributed by atoms with van der Waals surface area (Å²) in [6.07, 6.45) is 1.66. The molecule has 0 unspecified atom stereocenters. The zero-order chi connectivity index (χ0) is 19.0. The Hall–Kier alpha value is -2.06. The van der Waals surface area contributed by atoms with E-state index in [1.165, 1.54) is 18.4 Å². The fourth-order valence-corrected chi connectivity index (χ4v) is 4.51. The molecule has 0 amide bonds. The van der Waals surface area contributed by atoms with Crippen LogP contribution in [0, 0.1) is 0 Å². The Labute approximate surface area is 172 Å². The van der Waals surface area contributed by atoms with Gasteiger partial charge in [-0.1, -0.05) is 23.2 Å². The van der Waals surface area contributed by atoms with Crippen LogP contribution >= 0.6 is 45.9 Å². The number of thiophene rings is 2. The lowest BCUT2D eigenvalue weighted by molar-refractivity contribution is 0.0601. The summed E-state index contributed by atoms with van der Waals surface area (Å²) in [4.78, 5) is 16.9. The maximum absolute atomic E-state index is 12.2. The summed E-state index contributed by atoms with van der Waals surface area (Å²) in [5, 5.41) is 5.61. The number of aromatic nitrogens is 2. The van der Waals surface area contributed by atoms with Crippen molar-refractivity contribution in [2.75, 3.05) is 7.11 Å². The number of nitrogens with zero attached hydrogens (tertiary/aromatic N) is 2. The normalized spacial score (nSPS) is 11.1. The summed E-state index contributed by atoms with van der Waals surface area (Å²) >= 11 is 15.1. The van der Waals surface area contributed by atoms with Crippen molar-refractivity contribution in [2.45, 2.75) is 6.61 Å². The van der Waals surface area contributed by atoms with E-state index in [0.717, 1.165) is 16.1 Å². The van der Waals surface area contributed by atoms with E-state index in [4.69, 9.17) is 32.7 Å². The van der Waals surface area contributed by atoms with E-state index < -0.39 is 5.97 Å². The molecule has 0 spiro atoms. The zero-order valence-electron chi connectivity index (χ0n) is 13.9. The summed E-state index contributed by atoms with van der Waals surface area (Å²) in [6, 6.07) is 7.23. The molecule has 27 heavy (non-hydrogen) atoms. The quantitative estimate of drug-likeness (QED) is 0.368. The number of imidazole rings is 1. The topological polar surface area (TPSA) is 53.4 Å². The van der Waals surface area contributed by atoms with Gasteiger partial charge in [-0.05, 0) is 34.5 Å². The fourth-order valence-electron chi connectivity index (χ4n) is 2.54. The molecule has 4 aromatic rings. The molecule has 0 bridgehead atoms. The van der Waals surface area contributed by atoms with E-state index in [0.29, 0.717) is 32.8 Å². The Kier molecular flexibility index (Phi) is 5.10. The Morgan fingerprint density at radius 1 is 1.26 bits per heavy atom. The molecule has 0 N–H and O–H groups in total. The standard InChI is InChI=1S/C18H12Cl2N2O3S2/c1-24-18(23)17-15(25-7-10-2-3-26-8-10)6-16(27-17)22-9-21-13-4-11(19)12(20)5-14(13)22/h2-6,8-9H,7H2,1H3. The van der Waals surface area contributed by atoms with Gasteiger partial charge in [0, 0.05) is 6.07 Å². The number of halogens is 2. The van der Waals surface area contributed by atoms with Gasteiger partial charge in [0.05, 0.1) is 28.2 Å². The van der Waals surface area contributed by atoms with Crippen LogP contribution in [0.25, 0.3) is 16.0 Å². The van der Waals surface area contributed by atoms with E-state index in [-0.39, 0.29) is 0 Å². The maximum Gasteiger partial charge on any atom is 0.351 e. The molecule has 0 radical (unpaired) electrons. The predicted octanol–water partition coefficient (Wildman–Crippen LogP) is 5.82. The van der Waals surface area contributed by atoms with Gasteiger partial charge in [0.2, 0.25) is 0 Å². The number of ether oxygens (including phenoxy) is 2. The Morgan fingerprint density at radius 3 is 2.81 bits per heavy atom. The van der Waals surface area contributed by atoms with E-state index in [1.807, 2.05) is 21.4 Å². The summed E-state index contributed by atoms with van der Waals surface area (Å²) < 4.78 is 12.6. The molecule has 5 nitrogen and oxygen atoms in total. The molecule has 0 atom stereocenters. The van der Waals surface area contributed by atoms with Crippen LogP contribution in [0.4, 0.5) is 0 Å². The monoisotopic (exact) mass is 438 g/mol.